The first-order chi connectivity index (χ1) is 21.2. The maximum atomic E-state index is 6.03. The summed E-state index contributed by atoms with van der Waals surface area (Å²) in [5, 5.41) is 0.343. The fourth-order valence-corrected chi connectivity index (χ4v) is 4.22. The Morgan fingerprint density at radius 3 is 1.63 bits per heavy atom. The SMILES string of the molecule is Clc1cc(N2CCOCC2)nc(OCc2ncccn2)n1.NCc1cc(N2CCOCC2)nc(OCc2ncccn2)n1. The van der Waals surface area contributed by atoms with E-state index in [2.05, 4.69) is 49.7 Å². The van der Waals surface area contributed by atoms with Crippen LogP contribution in [0.25, 0.3) is 0 Å². The minimum atomic E-state index is 0.198. The van der Waals surface area contributed by atoms with Gasteiger partial charge in [0.25, 0.3) is 0 Å². The van der Waals surface area contributed by atoms with Gasteiger partial charge in [0, 0.05) is 69.6 Å². The van der Waals surface area contributed by atoms with E-state index < -0.39 is 0 Å². The average Bonchev–Trinajstić information content (AvgIpc) is 3.08. The predicted octanol–water partition coefficient (Wildman–Crippen LogP) is 1.48. The van der Waals surface area contributed by atoms with Gasteiger partial charge < -0.3 is 34.5 Å². The smallest absolute Gasteiger partial charge is 0.320 e. The first-order valence-corrected chi connectivity index (χ1v) is 14.1. The second-order valence-electron chi connectivity index (χ2n) is 9.14. The number of hydrogen-bond donors (Lipinski definition) is 1. The molecule has 0 atom stereocenters. The molecule has 6 rings (SSSR count). The van der Waals surface area contributed by atoms with Gasteiger partial charge in [-0.1, -0.05) is 11.6 Å². The van der Waals surface area contributed by atoms with Gasteiger partial charge in [-0.25, -0.2) is 19.9 Å². The normalized spacial score (nSPS) is 14.9. The molecule has 0 spiro atoms. The Kier molecular flexibility index (Phi) is 11.1. The molecule has 0 saturated carbocycles. The van der Waals surface area contributed by atoms with Gasteiger partial charge in [-0.15, -0.1) is 0 Å². The molecule has 0 radical (unpaired) electrons. The molecular weight excluding hydrogens is 578 g/mol. The maximum absolute atomic E-state index is 6.03. The number of aromatic nitrogens is 8. The number of morpholine rings is 2. The van der Waals surface area contributed by atoms with Crippen molar-refractivity contribution < 1.29 is 18.9 Å². The Hall–Kier alpha value is -4.31. The number of nitrogens with two attached hydrogens (primary N) is 1. The number of anilines is 2. The first kappa shape index (κ1) is 30.2. The van der Waals surface area contributed by atoms with Crippen molar-refractivity contribution in [2.75, 3.05) is 62.4 Å². The lowest BCUT2D eigenvalue weighted by Crippen LogP contribution is -2.37. The van der Waals surface area contributed by atoms with Gasteiger partial charge in [0.15, 0.2) is 24.9 Å². The monoisotopic (exact) mass is 609 g/mol. The zero-order chi connectivity index (χ0) is 29.7. The zero-order valence-electron chi connectivity index (χ0n) is 23.5. The van der Waals surface area contributed by atoms with E-state index in [1.54, 1.807) is 43.0 Å². The fourth-order valence-electron chi connectivity index (χ4n) is 4.05. The van der Waals surface area contributed by atoms with Gasteiger partial charge in [0.1, 0.15) is 16.8 Å². The number of rotatable bonds is 9. The molecule has 2 fully saturated rings. The van der Waals surface area contributed by atoms with Crippen molar-refractivity contribution in [1.29, 1.82) is 0 Å². The molecule has 43 heavy (non-hydrogen) atoms. The number of halogens is 1. The quantitative estimate of drug-likeness (QED) is 0.270. The van der Waals surface area contributed by atoms with E-state index in [0.29, 0.717) is 49.8 Å². The number of ether oxygens (including phenoxy) is 4. The minimum Gasteiger partial charge on any atom is -0.455 e. The third-order valence-electron chi connectivity index (χ3n) is 6.18. The second kappa shape index (κ2) is 15.8. The van der Waals surface area contributed by atoms with Crippen LogP contribution in [0.1, 0.15) is 17.3 Å². The molecule has 6 heterocycles. The molecule has 2 saturated heterocycles. The van der Waals surface area contributed by atoms with Gasteiger partial charge in [-0.2, -0.15) is 19.9 Å². The minimum absolute atomic E-state index is 0.198. The molecule has 16 heteroatoms. The lowest BCUT2D eigenvalue weighted by molar-refractivity contribution is 0.122. The van der Waals surface area contributed by atoms with Crippen molar-refractivity contribution in [2.24, 2.45) is 5.73 Å². The van der Waals surface area contributed by atoms with Gasteiger partial charge in [-0.05, 0) is 12.1 Å². The Balaban J connectivity index is 0.000000171. The van der Waals surface area contributed by atoms with Gasteiger partial charge >= 0.3 is 12.0 Å². The van der Waals surface area contributed by atoms with Gasteiger partial charge in [0.05, 0.1) is 32.1 Å². The molecule has 2 aliphatic heterocycles. The van der Waals surface area contributed by atoms with Crippen molar-refractivity contribution in [3.05, 3.63) is 71.5 Å². The third-order valence-corrected chi connectivity index (χ3v) is 6.38. The summed E-state index contributed by atoms with van der Waals surface area (Å²) < 4.78 is 21.8. The highest BCUT2D eigenvalue weighted by molar-refractivity contribution is 6.29. The van der Waals surface area contributed by atoms with Crippen molar-refractivity contribution >= 4 is 23.2 Å². The lowest BCUT2D eigenvalue weighted by Gasteiger charge is -2.28. The Labute approximate surface area is 253 Å². The number of hydrogen-bond acceptors (Lipinski definition) is 15. The molecule has 4 aromatic rings. The molecule has 2 N–H and O–H groups in total. The van der Waals surface area contributed by atoms with Crippen LogP contribution in [0, 0.1) is 0 Å². The van der Waals surface area contributed by atoms with Crippen molar-refractivity contribution in [3.8, 4) is 12.0 Å². The molecule has 0 amide bonds. The molecule has 15 nitrogen and oxygen atoms in total. The molecule has 226 valence electrons. The number of nitrogens with zero attached hydrogens (tertiary/aromatic N) is 10. The van der Waals surface area contributed by atoms with E-state index in [1.807, 2.05) is 6.07 Å². The summed E-state index contributed by atoms with van der Waals surface area (Å²) in [5.41, 5.74) is 6.45. The van der Waals surface area contributed by atoms with E-state index in [4.69, 9.17) is 36.3 Å². The summed E-state index contributed by atoms with van der Waals surface area (Å²) in [7, 11) is 0. The summed E-state index contributed by atoms with van der Waals surface area (Å²) in [5.74, 6) is 2.69. The Bertz CT molecular complexity index is 1410. The van der Waals surface area contributed by atoms with Crippen LogP contribution >= 0.6 is 11.6 Å². The Morgan fingerprint density at radius 2 is 1.14 bits per heavy atom. The summed E-state index contributed by atoms with van der Waals surface area (Å²) in [6.45, 7) is 6.62. The van der Waals surface area contributed by atoms with Gasteiger partial charge in [0.2, 0.25) is 0 Å². The van der Waals surface area contributed by atoms with Crippen LogP contribution in [-0.2, 0) is 29.2 Å². The average molecular weight is 610 g/mol. The predicted molar refractivity (Wildman–Crippen MR) is 156 cm³/mol. The summed E-state index contributed by atoms with van der Waals surface area (Å²) >= 11 is 6.03. The van der Waals surface area contributed by atoms with E-state index >= 15 is 0 Å². The summed E-state index contributed by atoms with van der Waals surface area (Å²) in [4.78, 5) is 37.8. The van der Waals surface area contributed by atoms with Crippen LogP contribution in [0.4, 0.5) is 11.6 Å². The maximum Gasteiger partial charge on any atom is 0.320 e. The van der Waals surface area contributed by atoms with E-state index in [0.717, 1.165) is 43.5 Å². The van der Waals surface area contributed by atoms with E-state index in [1.165, 1.54) is 0 Å². The highest BCUT2D eigenvalue weighted by atomic mass is 35.5. The van der Waals surface area contributed by atoms with Gasteiger partial charge in [-0.3, -0.25) is 0 Å². The lowest BCUT2D eigenvalue weighted by atomic mass is 10.3. The highest BCUT2D eigenvalue weighted by Gasteiger charge is 2.17. The molecule has 0 aliphatic carbocycles. The molecule has 0 aromatic carbocycles. The van der Waals surface area contributed by atoms with Crippen molar-refractivity contribution in [1.82, 2.24) is 39.9 Å². The van der Waals surface area contributed by atoms with Crippen LogP contribution in [-0.4, -0.2) is 92.5 Å². The van der Waals surface area contributed by atoms with Crippen LogP contribution in [0.3, 0.4) is 0 Å². The van der Waals surface area contributed by atoms with E-state index in [9.17, 15) is 0 Å². The standard InChI is InChI=1S/C14H18N6O2.C13H14ClN5O2/c15-9-11-8-13(20-4-6-21-7-5-20)19-14(18-11)22-10-12-16-2-1-3-17-12;14-10-8-12(19-4-6-20-7-5-19)18-13(17-10)21-9-11-15-2-1-3-16-11/h1-3,8H,4-7,9-10,15H2;1-3,8H,4-7,9H2. The molecule has 4 aromatic heterocycles. The Morgan fingerprint density at radius 1 is 0.674 bits per heavy atom. The molecule has 2 aliphatic rings. The van der Waals surface area contributed by atoms with Crippen molar-refractivity contribution in [2.45, 2.75) is 19.8 Å². The second-order valence-corrected chi connectivity index (χ2v) is 9.53. The zero-order valence-corrected chi connectivity index (χ0v) is 24.2. The van der Waals surface area contributed by atoms with Crippen molar-refractivity contribution in [3.63, 3.8) is 0 Å². The van der Waals surface area contributed by atoms with Crippen LogP contribution in [0.15, 0.2) is 49.1 Å². The summed E-state index contributed by atoms with van der Waals surface area (Å²) in [6.07, 6.45) is 6.65. The molecular formula is C27H32ClN11O4. The van der Waals surface area contributed by atoms with Crippen LogP contribution in [0.5, 0.6) is 12.0 Å². The third kappa shape index (κ3) is 9.34. The first-order valence-electron chi connectivity index (χ1n) is 13.7. The topological polar surface area (TPSA) is 173 Å². The van der Waals surface area contributed by atoms with E-state index in [-0.39, 0.29) is 25.2 Å². The highest BCUT2D eigenvalue weighted by Crippen LogP contribution is 2.21. The van der Waals surface area contributed by atoms with Crippen LogP contribution < -0.4 is 25.0 Å². The van der Waals surface area contributed by atoms with Crippen LogP contribution in [0.2, 0.25) is 5.15 Å². The molecule has 0 bridgehead atoms. The molecule has 0 unspecified atom stereocenters. The largest absolute Gasteiger partial charge is 0.455 e. The summed E-state index contributed by atoms with van der Waals surface area (Å²) in [6, 6.07) is 7.62. The fraction of sp³-hybridized carbons (Fsp3) is 0.407.